The molecule has 0 fully saturated rings. The molecule has 1 aromatic rings. The highest BCUT2D eigenvalue weighted by Crippen LogP contribution is 2.21. The Labute approximate surface area is 102 Å². The molecule has 17 heavy (non-hydrogen) atoms. The van der Waals surface area contributed by atoms with Crippen molar-refractivity contribution >= 4 is 11.6 Å². The normalized spacial score (nSPS) is 14.4. The van der Waals surface area contributed by atoms with E-state index in [0.29, 0.717) is 11.0 Å². The molecule has 1 N–H and O–H groups in total. The third kappa shape index (κ3) is 3.86. The highest BCUT2D eigenvalue weighted by Gasteiger charge is 2.38. The number of nitrogens with zero attached hydrogens (tertiary/aromatic N) is 3. The Hall–Kier alpha value is -0.790. The van der Waals surface area contributed by atoms with Crippen LogP contribution in [0.4, 0.5) is 13.2 Å². The Kier molecular flexibility index (Phi) is 4.40. The summed E-state index contributed by atoms with van der Waals surface area (Å²) in [7, 11) is 3.14. The number of aliphatic hydroxyl groups excluding tert-OH is 1. The predicted molar refractivity (Wildman–Crippen MR) is 56.6 cm³/mol. The summed E-state index contributed by atoms with van der Waals surface area (Å²) < 4.78 is 37.9. The van der Waals surface area contributed by atoms with Crippen LogP contribution in [0.2, 0.25) is 5.15 Å². The number of aliphatic hydroxyl groups is 1. The number of halogens is 4. The molecule has 0 bridgehead atoms. The van der Waals surface area contributed by atoms with Gasteiger partial charge in [-0.25, -0.2) is 4.98 Å². The Bertz CT molecular complexity index is 380. The molecule has 0 radical (unpaired) electrons. The molecule has 1 unspecified atom stereocenters. The second-order valence-electron chi connectivity index (χ2n) is 3.81. The molecule has 1 heterocycles. The van der Waals surface area contributed by atoms with Gasteiger partial charge in [0, 0.05) is 13.6 Å². The minimum absolute atomic E-state index is 0.177. The van der Waals surface area contributed by atoms with Gasteiger partial charge in [-0.2, -0.15) is 13.2 Å². The van der Waals surface area contributed by atoms with E-state index in [-0.39, 0.29) is 6.54 Å². The van der Waals surface area contributed by atoms with Crippen LogP contribution in [0.25, 0.3) is 0 Å². The lowest BCUT2D eigenvalue weighted by atomic mass is 10.3. The van der Waals surface area contributed by atoms with Gasteiger partial charge in [0.15, 0.2) is 6.10 Å². The summed E-state index contributed by atoms with van der Waals surface area (Å²) in [5, 5.41) is 9.30. The molecule has 4 nitrogen and oxygen atoms in total. The Balaban J connectivity index is 2.56. The number of hydrogen-bond acceptors (Lipinski definition) is 3. The molecule has 0 aliphatic carbocycles. The number of hydrogen-bond donors (Lipinski definition) is 1. The standard InChI is InChI=1S/C9H13ClF3N3O/c1-15(4-6(17)9(11,12)13)5-8-14-3-7(10)16(8)2/h3,6,17H,4-5H2,1-2H3. The molecule has 0 saturated heterocycles. The zero-order chi connectivity index (χ0) is 13.2. The lowest BCUT2D eigenvalue weighted by Gasteiger charge is -2.21. The van der Waals surface area contributed by atoms with Gasteiger partial charge in [-0.15, -0.1) is 0 Å². The first kappa shape index (κ1) is 14.3. The van der Waals surface area contributed by atoms with Crippen molar-refractivity contribution in [2.45, 2.75) is 18.8 Å². The Morgan fingerprint density at radius 2 is 2.18 bits per heavy atom. The van der Waals surface area contributed by atoms with Gasteiger partial charge in [-0.3, -0.25) is 4.90 Å². The van der Waals surface area contributed by atoms with Crippen LogP contribution in [0.15, 0.2) is 6.20 Å². The molecule has 0 aliphatic heterocycles. The van der Waals surface area contributed by atoms with E-state index >= 15 is 0 Å². The van der Waals surface area contributed by atoms with E-state index in [4.69, 9.17) is 16.7 Å². The van der Waals surface area contributed by atoms with Crippen molar-refractivity contribution in [1.82, 2.24) is 14.5 Å². The minimum Gasteiger partial charge on any atom is -0.382 e. The minimum atomic E-state index is -4.60. The average Bonchev–Trinajstić information content (AvgIpc) is 2.48. The van der Waals surface area contributed by atoms with Crippen LogP contribution in [0, 0.1) is 0 Å². The van der Waals surface area contributed by atoms with Crippen LogP contribution in [0.3, 0.4) is 0 Å². The van der Waals surface area contributed by atoms with Gasteiger partial charge in [0.2, 0.25) is 0 Å². The molecule has 1 aromatic heterocycles. The molecular formula is C9H13ClF3N3O. The molecule has 1 rings (SSSR count). The van der Waals surface area contributed by atoms with Crippen LogP contribution >= 0.6 is 11.6 Å². The molecule has 0 aliphatic rings. The fraction of sp³-hybridized carbons (Fsp3) is 0.667. The van der Waals surface area contributed by atoms with E-state index in [1.54, 1.807) is 11.6 Å². The van der Waals surface area contributed by atoms with Crippen LogP contribution < -0.4 is 0 Å². The van der Waals surface area contributed by atoms with Crippen molar-refractivity contribution in [2.75, 3.05) is 13.6 Å². The topological polar surface area (TPSA) is 41.3 Å². The van der Waals surface area contributed by atoms with Gasteiger partial charge in [-0.1, -0.05) is 11.6 Å². The van der Waals surface area contributed by atoms with E-state index in [9.17, 15) is 13.2 Å². The third-order valence-electron chi connectivity index (χ3n) is 2.30. The van der Waals surface area contributed by atoms with Gasteiger partial charge in [0.25, 0.3) is 0 Å². The summed E-state index contributed by atoms with van der Waals surface area (Å²) in [5.74, 6) is 0.534. The van der Waals surface area contributed by atoms with E-state index < -0.39 is 18.8 Å². The second kappa shape index (κ2) is 5.24. The highest BCUT2D eigenvalue weighted by molar-refractivity contribution is 6.29. The molecule has 0 saturated carbocycles. The fourth-order valence-electron chi connectivity index (χ4n) is 1.28. The first-order valence-electron chi connectivity index (χ1n) is 4.81. The summed E-state index contributed by atoms with van der Waals surface area (Å²) in [6, 6.07) is 0. The lowest BCUT2D eigenvalue weighted by molar-refractivity contribution is -0.207. The van der Waals surface area contributed by atoms with Crippen LogP contribution in [-0.4, -0.2) is 45.4 Å². The van der Waals surface area contributed by atoms with Crippen molar-refractivity contribution in [3.63, 3.8) is 0 Å². The number of imidazole rings is 1. The predicted octanol–water partition coefficient (Wildman–Crippen LogP) is 1.43. The van der Waals surface area contributed by atoms with E-state index in [2.05, 4.69) is 4.98 Å². The van der Waals surface area contributed by atoms with E-state index in [1.807, 2.05) is 0 Å². The highest BCUT2D eigenvalue weighted by atomic mass is 35.5. The Morgan fingerprint density at radius 1 is 1.59 bits per heavy atom. The Morgan fingerprint density at radius 3 is 2.59 bits per heavy atom. The molecule has 98 valence electrons. The van der Waals surface area contributed by atoms with Crippen molar-refractivity contribution in [3.8, 4) is 0 Å². The quantitative estimate of drug-likeness (QED) is 0.901. The summed E-state index contributed by atoms with van der Waals surface area (Å²) >= 11 is 5.74. The van der Waals surface area contributed by atoms with Gasteiger partial charge in [-0.05, 0) is 7.05 Å². The first-order valence-corrected chi connectivity index (χ1v) is 5.19. The van der Waals surface area contributed by atoms with E-state index in [0.717, 1.165) is 0 Å². The van der Waals surface area contributed by atoms with Gasteiger partial charge >= 0.3 is 6.18 Å². The first-order chi connectivity index (χ1) is 7.71. The summed E-state index contributed by atoms with van der Waals surface area (Å²) in [6.45, 7) is -0.329. The molecule has 0 spiro atoms. The number of aromatic nitrogens is 2. The second-order valence-corrected chi connectivity index (χ2v) is 4.20. The fourth-order valence-corrected chi connectivity index (χ4v) is 1.42. The van der Waals surface area contributed by atoms with Gasteiger partial charge in [0.1, 0.15) is 11.0 Å². The zero-order valence-electron chi connectivity index (χ0n) is 9.37. The maximum Gasteiger partial charge on any atom is 0.415 e. The van der Waals surface area contributed by atoms with Crippen molar-refractivity contribution in [1.29, 1.82) is 0 Å². The van der Waals surface area contributed by atoms with Crippen molar-refractivity contribution < 1.29 is 18.3 Å². The molecule has 0 amide bonds. The maximum absolute atomic E-state index is 12.1. The zero-order valence-corrected chi connectivity index (χ0v) is 10.1. The monoisotopic (exact) mass is 271 g/mol. The van der Waals surface area contributed by atoms with Crippen LogP contribution in [0.1, 0.15) is 5.82 Å². The maximum atomic E-state index is 12.1. The summed E-state index contributed by atoms with van der Waals surface area (Å²) in [4.78, 5) is 5.28. The number of likely N-dealkylation sites (N-methyl/N-ethyl adjacent to an activating group) is 1. The van der Waals surface area contributed by atoms with Crippen LogP contribution in [-0.2, 0) is 13.6 Å². The average molecular weight is 272 g/mol. The summed E-state index contributed by atoms with van der Waals surface area (Å²) in [6.07, 6.45) is -5.54. The van der Waals surface area contributed by atoms with E-state index in [1.165, 1.54) is 18.1 Å². The molecular weight excluding hydrogens is 259 g/mol. The number of alkyl halides is 3. The smallest absolute Gasteiger partial charge is 0.382 e. The van der Waals surface area contributed by atoms with Crippen molar-refractivity contribution in [3.05, 3.63) is 17.2 Å². The van der Waals surface area contributed by atoms with Gasteiger partial charge in [0.05, 0.1) is 12.7 Å². The lowest BCUT2D eigenvalue weighted by Crippen LogP contribution is -2.39. The largest absolute Gasteiger partial charge is 0.415 e. The SMILES string of the molecule is CN(Cc1ncc(Cl)n1C)CC(O)C(F)(F)F. The molecule has 1 atom stereocenters. The van der Waals surface area contributed by atoms with Crippen molar-refractivity contribution in [2.24, 2.45) is 7.05 Å². The molecule has 0 aromatic carbocycles. The summed E-state index contributed by atoms with van der Waals surface area (Å²) in [5.41, 5.74) is 0. The van der Waals surface area contributed by atoms with Crippen LogP contribution in [0.5, 0.6) is 0 Å². The number of rotatable bonds is 4. The van der Waals surface area contributed by atoms with Gasteiger partial charge < -0.3 is 9.67 Å². The third-order valence-corrected chi connectivity index (χ3v) is 2.65. The molecule has 8 heteroatoms.